The second-order valence-electron chi connectivity index (χ2n) is 6.32. The van der Waals surface area contributed by atoms with Gasteiger partial charge in [0.25, 0.3) is 5.69 Å². The number of hydrogen-bond acceptors (Lipinski definition) is 6. The van der Waals surface area contributed by atoms with Crippen molar-refractivity contribution in [2.24, 2.45) is 0 Å². The van der Waals surface area contributed by atoms with E-state index in [1.54, 1.807) is 30.5 Å². The minimum atomic E-state index is -0.447. The molecule has 3 rings (SSSR count). The number of non-ortho nitro benzene ring substituents is 1. The van der Waals surface area contributed by atoms with Crippen LogP contribution < -0.4 is 10.6 Å². The molecule has 1 aromatic heterocycles. The van der Waals surface area contributed by atoms with Gasteiger partial charge in [0.1, 0.15) is 5.82 Å². The van der Waals surface area contributed by atoms with E-state index in [1.165, 1.54) is 35.6 Å². The maximum absolute atomic E-state index is 13.0. The lowest BCUT2D eigenvalue weighted by Gasteiger charge is -2.06. The number of thiazole rings is 1. The first-order valence-electron chi connectivity index (χ1n) is 8.97. The van der Waals surface area contributed by atoms with E-state index in [0.717, 1.165) is 16.1 Å². The monoisotopic (exact) mass is 414 g/mol. The highest BCUT2D eigenvalue weighted by molar-refractivity contribution is 7.15. The molecule has 0 saturated heterocycles. The molecule has 9 heteroatoms. The van der Waals surface area contributed by atoms with Gasteiger partial charge in [0.05, 0.1) is 4.92 Å². The molecular formula is C20H19FN4O3S. The average Bonchev–Trinajstić information content (AvgIpc) is 3.14. The largest absolute Gasteiger partial charge is 0.385 e. The molecule has 0 aliphatic carbocycles. The molecule has 3 aromatic rings. The standard InChI is InChI=1S/C20H19FN4O3S/c21-15-5-3-14(4-6-15)12-18-13-23-20(29-18)24-19(26)2-1-11-22-16-7-9-17(10-8-16)25(27)28/h3-10,13,22H,1-2,11-12H2,(H,23,24,26). The van der Waals surface area contributed by atoms with Gasteiger partial charge in [-0.25, -0.2) is 9.37 Å². The van der Waals surface area contributed by atoms with Crippen molar-refractivity contribution in [3.63, 3.8) is 0 Å². The summed E-state index contributed by atoms with van der Waals surface area (Å²) < 4.78 is 13.0. The van der Waals surface area contributed by atoms with E-state index in [4.69, 9.17) is 0 Å². The third-order valence-corrected chi connectivity index (χ3v) is 4.99. The molecule has 150 valence electrons. The third-order valence-electron chi connectivity index (χ3n) is 4.08. The van der Waals surface area contributed by atoms with Crippen LogP contribution in [0.2, 0.25) is 0 Å². The molecule has 0 unspecified atom stereocenters. The minimum Gasteiger partial charge on any atom is -0.385 e. The number of hydrogen-bond donors (Lipinski definition) is 2. The van der Waals surface area contributed by atoms with Crippen molar-refractivity contribution in [2.75, 3.05) is 17.2 Å². The predicted octanol–water partition coefficient (Wildman–Crippen LogP) is 4.61. The molecule has 1 amide bonds. The lowest BCUT2D eigenvalue weighted by atomic mass is 10.1. The molecule has 0 fully saturated rings. The summed E-state index contributed by atoms with van der Waals surface area (Å²) in [5, 5.41) is 17.1. The Labute approximate surface area is 170 Å². The van der Waals surface area contributed by atoms with E-state index < -0.39 is 4.92 Å². The number of anilines is 2. The van der Waals surface area contributed by atoms with Gasteiger partial charge in [-0.1, -0.05) is 12.1 Å². The number of halogens is 1. The van der Waals surface area contributed by atoms with Crippen molar-refractivity contribution in [3.05, 3.63) is 81.1 Å². The van der Waals surface area contributed by atoms with E-state index in [0.29, 0.717) is 30.9 Å². The van der Waals surface area contributed by atoms with Crippen LogP contribution in [0.4, 0.5) is 20.9 Å². The number of nitrogens with one attached hydrogen (secondary N) is 2. The number of amides is 1. The SMILES string of the molecule is O=C(CCCNc1ccc([N+](=O)[O-])cc1)Nc1ncc(Cc2ccc(F)cc2)s1. The fourth-order valence-corrected chi connectivity index (χ4v) is 3.48. The molecule has 0 bridgehead atoms. The molecule has 0 radical (unpaired) electrons. The number of nitrogens with zero attached hydrogens (tertiary/aromatic N) is 2. The molecule has 2 N–H and O–H groups in total. The molecule has 1 heterocycles. The molecule has 7 nitrogen and oxygen atoms in total. The number of nitro benzene ring substituents is 1. The summed E-state index contributed by atoms with van der Waals surface area (Å²) in [6.07, 6.45) is 3.27. The summed E-state index contributed by atoms with van der Waals surface area (Å²) in [5.41, 5.74) is 1.78. The summed E-state index contributed by atoms with van der Waals surface area (Å²) in [6, 6.07) is 12.4. The second kappa shape index (κ2) is 9.74. The molecule has 0 aliphatic heterocycles. The van der Waals surface area contributed by atoms with Crippen LogP contribution in [0.25, 0.3) is 0 Å². The van der Waals surface area contributed by atoms with Crippen LogP contribution in [-0.4, -0.2) is 22.4 Å². The van der Waals surface area contributed by atoms with Gasteiger partial charge < -0.3 is 10.6 Å². The van der Waals surface area contributed by atoms with Crippen molar-refractivity contribution in [2.45, 2.75) is 19.3 Å². The molecule has 0 atom stereocenters. The second-order valence-corrected chi connectivity index (χ2v) is 7.43. The Kier molecular flexibility index (Phi) is 6.85. The Morgan fingerprint density at radius 3 is 2.55 bits per heavy atom. The summed E-state index contributed by atoms with van der Waals surface area (Å²) in [7, 11) is 0. The van der Waals surface area contributed by atoms with Gasteiger partial charge >= 0.3 is 0 Å². The fraction of sp³-hybridized carbons (Fsp3) is 0.200. The van der Waals surface area contributed by atoms with Gasteiger partial charge in [-0.15, -0.1) is 11.3 Å². The van der Waals surface area contributed by atoms with Crippen LogP contribution in [0.1, 0.15) is 23.3 Å². The summed E-state index contributed by atoms with van der Waals surface area (Å²) >= 11 is 1.39. The highest BCUT2D eigenvalue weighted by Gasteiger charge is 2.08. The third kappa shape index (κ3) is 6.35. The average molecular weight is 414 g/mol. The minimum absolute atomic E-state index is 0.0390. The Balaban J connectivity index is 1.39. The highest BCUT2D eigenvalue weighted by Crippen LogP contribution is 2.21. The zero-order valence-corrected chi connectivity index (χ0v) is 16.2. The Hall–Kier alpha value is -3.33. The lowest BCUT2D eigenvalue weighted by molar-refractivity contribution is -0.384. The van der Waals surface area contributed by atoms with Crippen LogP contribution in [0.5, 0.6) is 0 Å². The first-order valence-corrected chi connectivity index (χ1v) is 9.78. The van der Waals surface area contributed by atoms with Crippen LogP contribution in [0, 0.1) is 15.9 Å². The Bertz CT molecular complexity index is 974. The van der Waals surface area contributed by atoms with Crippen LogP contribution in [0.15, 0.2) is 54.7 Å². The van der Waals surface area contributed by atoms with Crippen molar-refractivity contribution in [1.82, 2.24) is 4.98 Å². The van der Waals surface area contributed by atoms with Crippen molar-refractivity contribution in [1.29, 1.82) is 0 Å². The maximum atomic E-state index is 13.0. The number of rotatable bonds is 9. The molecular weight excluding hydrogens is 395 g/mol. The molecule has 29 heavy (non-hydrogen) atoms. The zero-order valence-electron chi connectivity index (χ0n) is 15.4. The number of carbonyl (C=O) groups excluding carboxylic acids is 1. The van der Waals surface area contributed by atoms with Crippen LogP contribution in [0.3, 0.4) is 0 Å². The van der Waals surface area contributed by atoms with E-state index >= 15 is 0 Å². The lowest BCUT2D eigenvalue weighted by Crippen LogP contribution is -2.13. The van der Waals surface area contributed by atoms with Gasteiger partial charge in [-0.2, -0.15) is 0 Å². The molecule has 0 saturated carbocycles. The number of carbonyl (C=O) groups is 1. The van der Waals surface area contributed by atoms with Crippen molar-refractivity contribution in [3.8, 4) is 0 Å². The zero-order chi connectivity index (χ0) is 20.6. The highest BCUT2D eigenvalue weighted by atomic mass is 32.1. The molecule has 2 aromatic carbocycles. The smallest absolute Gasteiger partial charge is 0.269 e. The summed E-state index contributed by atoms with van der Waals surface area (Å²) in [4.78, 5) is 27.4. The number of benzene rings is 2. The number of nitro groups is 1. The summed E-state index contributed by atoms with van der Waals surface area (Å²) in [5.74, 6) is -0.396. The molecule has 0 aliphatic rings. The normalized spacial score (nSPS) is 10.5. The van der Waals surface area contributed by atoms with Gasteiger partial charge in [0.2, 0.25) is 5.91 Å². The van der Waals surface area contributed by atoms with Gasteiger partial charge in [-0.05, 0) is 36.2 Å². The van der Waals surface area contributed by atoms with Crippen molar-refractivity contribution >= 4 is 33.8 Å². The molecule has 0 spiro atoms. The van der Waals surface area contributed by atoms with E-state index in [2.05, 4.69) is 15.6 Å². The maximum Gasteiger partial charge on any atom is 0.269 e. The van der Waals surface area contributed by atoms with Crippen LogP contribution >= 0.6 is 11.3 Å². The van der Waals surface area contributed by atoms with Gasteiger partial charge in [-0.3, -0.25) is 14.9 Å². The topological polar surface area (TPSA) is 97.2 Å². The number of aromatic nitrogens is 1. The Morgan fingerprint density at radius 1 is 1.14 bits per heavy atom. The van der Waals surface area contributed by atoms with E-state index in [9.17, 15) is 19.3 Å². The van der Waals surface area contributed by atoms with E-state index in [1.807, 2.05) is 0 Å². The first-order chi connectivity index (χ1) is 14.0. The quantitative estimate of drug-likeness (QED) is 0.303. The first kappa shape index (κ1) is 20.4. The predicted molar refractivity (Wildman–Crippen MR) is 111 cm³/mol. The van der Waals surface area contributed by atoms with Crippen LogP contribution in [-0.2, 0) is 11.2 Å². The van der Waals surface area contributed by atoms with Gasteiger partial charge in [0.15, 0.2) is 5.13 Å². The summed E-state index contributed by atoms with van der Waals surface area (Å²) in [6.45, 7) is 0.568. The fourth-order valence-electron chi connectivity index (χ4n) is 2.61. The van der Waals surface area contributed by atoms with Gasteiger partial charge in [0, 0.05) is 48.3 Å². The van der Waals surface area contributed by atoms with E-state index in [-0.39, 0.29) is 17.4 Å². The van der Waals surface area contributed by atoms with Crippen molar-refractivity contribution < 1.29 is 14.1 Å². The Morgan fingerprint density at radius 2 is 1.86 bits per heavy atom.